The molecule has 1 N–H and O–H groups in total. The van der Waals surface area contributed by atoms with E-state index in [-0.39, 0.29) is 6.10 Å². The number of rotatable bonds is 9. The van der Waals surface area contributed by atoms with Gasteiger partial charge in [0.2, 0.25) is 0 Å². The Morgan fingerprint density at radius 3 is 2.79 bits per heavy atom. The normalized spacial score (nSPS) is 16.5. The summed E-state index contributed by atoms with van der Waals surface area (Å²) in [5, 5.41) is 3.54. The van der Waals surface area contributed by atoms with E-state index in [1.54, 1.807) is 0 Å². The van der Waals surface area contributed by atoms with Crippen LogP contribution in [0.15, 0.2) is 28.7 Å². The van der Waals surface area contributed by atoms with E-state index < -0.39 is 0 Å². The second kappa shape index (κ2) is 8.00. The zero-order valence-corrected chi connectivity index (χ0v) is 13.0. The molecule has 1 aromatic rings. The maximum absolute atomic E-state index is 5.97. The molecule has 19 heavy (non-hydrogen) atoms. The third kappa shape index (κ3) is 5.22. The van der Waals surface area contributed by atoms with E-state index in [9.17, 15) is 0 Å². The molecule has 1 fully saturated rings. The lowest BCUT2D eigenvalue weighted by atomic mass is 10.1. The highest BCUT2D eigenvalue weighted by atomic mass is 79.9. The SMILES string of the molecule is CCOCCOC(CNC1CC1)c1ccccc1Br. The first-order valence-electron chi connectivity index (χ1n) is 6.98. The molecule has 1 aromatic carbocycles. The zero-order chi connectivity index (χ0) is 13.5. The van der Waals surface area contributed by atoms with Crippen LogP contribution in [0.25, 0.3) is 0 Å². The molecule has 1 unspecified atom stereocenters. The van der Waals surface area contributed by atoms with Crippen LogP contribution in [0, 0.1) is 0 Å². The topological polar surface area (TPSA) is 30.5 Å². The van der Waals surface area contributed by atoms with Gasteiger partial charge < -0.3 is 14.8 Å². The van der Waals surface area contributed by atoms with Crippen molar-refractivity contribution in [3.8, 4) is 0 Å². The maximum atomic E-state index is 5.97. The standard InChI is InChI=1S/C15H22BrNO2/c1-2-18-9-10-19-15(11-17-12-7-8-12)13-5-3-4-6-14(13)16/h3-6,12,15,17H,2,7-11H2,1H3. The molecule has 0 bridgehead atoms. The number of hydrogen-bond donors (Lipinski definition) is 1. The number of halogens is 1. The van der Waals surface area contributed by atoms with Gasteiger partial charge in [0.25, 0.3) is 0 Å². The van der Waals surface area contributed by atoms with E-state index in [0.29, 0.717) is 19.3 Å². The van der Waals surface area contributed by atoms with E-state index in [1.807, 2.05) is 13.0 Å². The summed E-state index contributed by atoms with van der Waals surface area (Å²) in [6.07, 6.45) is 2.67. The maximum Gasteiger partial charge on any atom is 0.0961 e. The minimum atomic E-state index is 0.0802. The molecule has 1 aliphatic carbocycles. The van der Waals surface area contributed by atoms with Gasteiger partial charge in [-0.15, -0.1) is 0 Å². The molecule has 0 aromatic heterocycles. The summed E-state index contributed by atoms with van der Waals surface area (Å²) in [6.45, 7) is 4.88. The number of ether oxygens (including phenoxy) is 2. The molecule has 0 spiro atoms. The first-order chi connectivity index (χ1) is 9.31. The van der Waals surface area contributed by atoms with Gasteiger partial charge in [0.05, 0.1) is 19.3 Å². The van der Waals surface area contributed by atoms with Gasteiger partial charge >= 0.3 is 0 Å². The second-order valence-corrected chi connectivity index (χ2v) is 5.61. The molecule has 0 saturated heterocycles. The number of benzene rings is 1. The largest absolute Gasteiger partial charge is 0.379 e. The van der Waals surface area contributed by atoms with Crippen molar-refractivity contribution in [2.75, 3.05) is 26.4 Å². The first kappa shape index (κ1) is 15.0. The third-order valence-corrected chi connectivity index (χ3v) is 3.89. The highest BCUT2D eigenvalue weighted by molar-refractivity contribution is 9.10. The van der Waals surface area contributed by atoms with Crippen molar-refractivity contribution in [3.05, 3.63) is 34.3 Å². The minimum Gasteiger partial charge on any atom is -0.379 e. The van der Waals surface area contributed by atoms with E-state index in [0.717, 1.165) is 17.6 Å². The Balaban J connectivity index is 1.90. The lowest BCUT2D eigenvalue weighted by Crippen LogP contribution is -2.26. The van der Waals surface area contributed by atoms with Gasteiger partial charge in [-0.2, -0.15) is 0 Å². The summed E-state index contributed by atoms with van der Waals surface area (Å²) in [5.74, 6) is 0. The van der Waals surface area contributed by atoms with Gasteiger partial charge in [0.15, 0.2) is 0 Å². The zero-order valence-electron chi connectivity index (χ0n) is 11.4. The van der Waals surface area contributed by atoms with Crippen molar-refractivity contribution >= 4 is 15.9 Å². The molecule has 2 rings (SSSR count). The van der Waals surface area contributed by atoms with Crippen LogP contribution in [0.3, 0.4) is 0 Å². The Morgan fingerprint density at radius 2 is 2.11 bits per heavy atom. The molecule has 1 aliphatic rings. The smallest absolute Gasteiger partial charge is 0.0961 e. The predicted octanol–water partition coefficient (Wildman–Crippen LogP) is 3.30. The Kier molecular flexibility index (Phi) is 6.31. The molecule has 0 heterocycles. The highest BCUT2D eigenvalue weighted by Crippen LogP contribution is 2.27. The molecule has 1 atom stereocenters. The van der Waals surface area contributed by atoms with Crippen molar-refractivity contribution in [2.45, 2.75) is 31.9 Å². The second-order valence-electron chi connectivity index (χ2n) is 4.76. The predicted molar refractivity (Wildman–Crippen MR) is 80.4 cm³/mol. The molecule has 0 radical (unpaired) electrons. The van der Waals surface area contributed by atoms with Gasteiger partial charge in [0.1, 0.15) is 0 Å². The summed E-state index contributed by atoms with van der Waals surface area (Å²) in [6, 6.07) is 8.95. The van der Waals surface area contributed by atoms with Crippen molar-refractivity contribution in [1.29, 1.82) is 0 Å². The van der Waals surface area contributed by atoms with Crippen LogP contribution in [-0.4, -0.2) is 32.4 Å². The van der Waals surface area contributed by atoms with Crippen LogP contribution in [0.1, 0.15) is 31.4 Å². The summed E-state index contributed by atoms with van der Waals surface area (Å²) >= 11 is 3.60. The fourth-order valence-corrected chi connectivity index (χ4v) is 2.49. The molecule has 3 nitrogen and oxygen atoms in total. The lowest BCUT2D eigenvalue weighted by Gasteiger charge is -2.20. The number of nitrogens with one attached hydrogen (secondary N) is 1. The Hall–Kier alpha value is -0.420. The van der Waals surface area contributed by atoms with Crippen LogP contribution in [0.4, 0.5) is 0 Å². The monoisotopic (exact) mass is 327 g/mol. The van der Waals surface area contributed by atoms with Gasteiger partial charge in [0, 0.05) is 23.7 Å². The van der Waals surface area contributed by atoms with Crippen LogP contribution in [-0.2, 0) is 9.47 Å². The van der Waals surface area contributed by atoms with Crippen molar-refractivity contribution in [3.63, 3.8) is 0 Å². The van der Waals surface area contributed by atoms with Crippen LogP contribution in [0.5, 0.6) is 0 Å². The molecule has 106 valence electrons. The molecule has 0 aliphatic heterocycles. The van der Waals surface area contributed by atoms with Gasteiger partial charge in [-0.25, -0.2) is 0 Å². The summed E-state index contributed by atoms with van der Waals surface area (Å²) in [4.78, 5) is 0. The van der Waals surface area contributed by atoms with E-state index in [1.165, 1.54) is 18.4 Å². The van der Waals surface area contributed by atoms with E-state index >= 15 is 0 Å². The van der Waals surface area contributed by atoms with Crippen LogP contribution >= 0.6 is 15.9 Å². The minimum absolute atomic E-state index is 0.0802. The number of hydrogen-bond acceptors (Lipinski definition) is 3. The third-order valence-electron chi connectivity index (χ3n) is 3.17. The van der Waals surface area contributed by atoms with E-state index in [2.05, 4.69) is 39.4 Å². The summed E-state index contributed by atoms with van der Waals surface area (Å²) in [7, 11) is 0. The fourth-order valence-electron chi connectivity index (χ4n) is 1.95. The molecule has 0 amide bonds. The van der Waals surface area contributed by atoms with Crippen molar-refractivity contribution in [2.24, 2.45) is 0 Å². The molecule has 4 heteroatoms. The summed E-state index contributed by atoms with van der Waals surface area (Å²) in [5.41, 5.74) is 1.20. The average molecular weight is 328 g/mol. The van der Waals surface area contributed by atoms with E-state index in [4.69, 9.17) is 9.47 Å². The van der Waals surface area contributed by atoms with Crippen molar-refractivity contribution in [1.82, 2.24) is 5.32 Å². The lowest BCUT2D eigenvalue weighted by molar-refractivity contribution is 0.00643. The van der Waals surface area contributed by atoms with Crippen LogP contribution in [0.2, 0.25) is 0 Å². The Morgan fingerprint density at radius 1 is 1.32 bits per heavy atom. The fraction of sp³-hybridized carbons (Fsp3) is 0.600. The van der Waals surface area contributed by atoms with Gasteiger partial charge in [-0.3, -0.25) is 0 Å². The molecular formula is C15H22BrNO2. The average Bonchev–Trinajstić information content (AvgIpc) is 3.23. The molecule has 1 saturated carbocycles. The Bertz CT molecular complexity index is 382. The highest BCUT2D eigenvalue weighted by Gasteiger charge is 2.23. The summed E-state index contributed by atoms with van der Waals surface area (Å²) < 4.78 is 12.4. The molecular weight excluding hydrogens is 306 g/mol. The quantitative estimate of drug-likeness (QED) is 0.706. The van der Waals surface area contributed by atoms with Gasteiger partial charge in [-0.1, -0.05) is 34.1 Å². The van der Waals surface area contributed by atoms with Crippen LogP contribution < -0.4 is 5.32 Å². The van der Waals surface area contributed by atoms with Crippen molar-refractivity contribution < 1.29 is 9.47 Å². The first-order valence-corrected chi connectivity index (χ1v) is 7.77. The Labute approximate surface area is 123 Å². The van der Waals surface area contributed by atoms with Gasteiger partial charge in [-0.05, 0) is 31.4 Å².